The number of rotatable bonds is 4. The van der Waals surface area contributed by atoms with Gasteiger partial charge in [0.05, 0.1) is 0 Å². The van der Waals surface area contributed by atoms with Gasteiger partial charge in [0.2, 0.25) is 0 Å². The fraction of sp³-hybridized carbons (Fsp3) is 0.158. The first kappa shape index (κ1) is 15.9. The molecule has 1 aromatic heterocycles. The Labute approximate surface area is 140 Å². The van der Waals surface area contributed by atoms with Crippen LogP contribution in [0.4, 0.5) is 4.39 Å². The van der Waals surface area contributed by atoms with Crippen molar-refractivity contribution in [3.05, 3.63) is 89.3 Å². The topological polar surface area (TPSA) is 46.9 Å². The number of imidazole rings is 1. The zero-order chi connectivity index (χ0) is 17.1. The van der Waals surface area contributed by atoms with Gasteiger partial charge in [-0.1, -0.05) is 24.3 Å². The standard InChI is InChI=1S/C19H18FN3O/c1-13-5-3-4-6-16(13)17(18-21-11-12-23(18)2)22-19(24)14-7-9-15(20)10-8-14/h3-12,17H,1-2H3,(H,22,24). The van der Waals surface area contributed by atoms with Crippen LogP contribution in [0, 0.1) is 12.7 Å². The number of hydrogen-bond donors (Lipinski definition) is 1. The van der Waals surface area contributed by atoms with E-state index in [0.29, 0.717) is 5.56 Å². The molecule has 5 heteroatoms. The number of carbonyl (C=O) groups excluding carboxylic acids is 1. The van der Waals surface area contributed by atoms with Crippen molar-refractivity contribution in [2.45, 2.75) is 13.0 Å². The van der Waals surface area contributed by atoms with Gasteiger partial charge >= 0.3 is 0 Å². The number of nitrogens with one attached hydrogen (secondary N) is 1. The van der Waals surface area contributed by atoms with E-state index in [0.717, 1.165) is 17.0 Å². The van der Waals surface area contributed by atoms with Crippen LogP contribution in [0.1, 0.15) is 33.4 Å². The van der Waals surface area contributed by atoms with Gasteiger partial charge < -0.3 is 9.88 Å². The zero-order valence-corrected chi connectivity index (χ0v) is 13.5. The third kappa shape index (κ3) is 3.20. The number of carbonyl (C=O) groups is 1. The molecule has 1 amide bonds. The minimum absolute atomic E-state index is 0.272. The minimum atomic E-state index is -0.385. The molecule has 1 unspecified atom stereocenters. The van der Waals surface area contributed by atoms with Crippen LogP contribution < -0.4 is 5.32 Å². The Hall–Kier alpha value is -2.95. The number of nitrogens with zero attached hydrogens (tertiary/aromatic N) is 2. The summed E-state index contributed by atoms with van der Waals surface area (Å²) in [6.07, 6.45) is 3.54. The van der Waals surface area contributed by atoms with Crippen LogP contribution in [0.5, 0.6) is 0 Å². The van der Waals surface area contributed by atoms with Gasteiger partial charge in [0.1, 0.15) is 17.7 Å². The van der Waals surface area contributed by atoms with E-state index >= 15 is 0 Å². The molecule has 24 heavy (non-hydrogen) atoms. The fourth-order valence-corrected chi connectivity index (χ4v) is 2.66. The van der Waals surface area contributed by atoms with Crippen LogP contribution in [-0.4, -0.2) is 15.5 Å². The molecule has 1 N–H and O–H groups in total. The Kier molecular flexibility index (Phi) is 4.42. The van der Waals surface area contributed by atoms with Gasteiger partial charge in [0, 0.05) is 25.0 Å². The Morgan fingerprint density at radius 3 is 2.50 bits per heavy atom. The highest BCUT2D eigenvalue weighted by atomic mass is 19.1. The number of hydrogen-bond acceptors (Lipinski definition) is 2. The molecule has 1 atom stereocenters. The number of amides is 1. The van der Waals surface area contributed by atoms with Crippen molar-refractivity contribution < 1.29 is 9.18 Å². The molecule has 0 aliphatic heterocycles. The fourth-order valence-electron chi connectivity index (χ4n) is 2.66. The molecule has 4 nitrogen and oxygen atoms in total. The first-order chi connectivity index (χ1) is 11.6. The highest BCUT2D eigenvalue weighted by Crippen LogP contribution is 2.24. The predicted molar refractivity (Wildman–Crippen MR) is 90.1 cm³/mol. The van der Waals surface area contributed by atoms with Crippen molar-refractivity contribution in [1.29, 1.82) is 0 Å². The summed E-state index contributed by atoms with van der Waals surface area (Å²) in [6, 6.07) is 13.0. The smallest absolute Gasteiger partial charge is 0.252 e. The second kappa shape index (κ2) is 6.66. The molecule has 0 saturated heterocycles. The maximum atomic E-state index is 13.1. The summed E-state index contributed by atoms with van der Waals surface area (Å²) in [5.41, 5.74) is 2.44. The van der Waals surface area contributed by atoms with Crippen LogP contribution >= 0.6 is 0 Å². The van der Waals surface area contributed by atoms with Gasteiger partial charge in [-0.25, -0.2) is 9.37 Å². The Bertz CT molecular complexity index is 855. The van der Waals surface area contributed by atoms with Crippen LogP contribution in [0.25, 0.3) is 0 Å². The van der Waals surface area contributed by atoms with Crippen molar-refractivity contribution in [3.8, 4) is 0 Å². The first-order valence-corrected chi connectivity index (χ1v) is 7.65. The molecule has 122 valence electrons. The molecule has 0 saturated carbocycles. The van der Waals surface area contributed by atoms with E-state index in [1.165, 1.54) is 24.3 Å². The lowest BCUT2D eigenvalue weighted by Crippen LogP contribution is -2.31. The van der Waals surface area contributed by atoms with Crippen molar-refractivity contribution in [2.24, 2.45) is 7.05 Å². The summed E-state index contributed by atoms with van der Waals surface area (Å²) >= 11 is 0. The van der Waals surface area contributed by atoms with E-state index in [2.05, 4.69) is 10.3 Å². The minimum Gasteiger partial charge on any atom is -0.338 e. The van der Waals surface area contributed by atoms with E-state index in [1.807, 2.05) is 49.0 Å². The molecular formula is C19H18FN3O. The molecule has 0 fully saturated rings. The van der Waals surface area contributed by atoms with Gasteiger partial charge in [-0.05, 0) is 42.3 Å². The predicted octanol–water partition coefficient (Wildman–Crippen LogP) is 3.39. The maximum absolute atomic E-state index is 13.1. The summed E-state index contributed by atoms with van der Waals surface area (Å²) in [7, 11) is 1.89. The Balaban J connectivity index is 1.97. The van der Waals surface area contributed by atoms with Gasteiger partial charge in [-0.2, -0.15) is 0 Å². The van der Waals surface area contributed by atoms with E-state index in [9.17, 15) is 9.18 Å². The van der Waals surface area contributed by atoms with Gasteiger partial charge in [0.25, 0.3) is 5.91 Å². The Morgan fingerprint density at radius 1 is 1.17 bits per heavy atom. The SMILES string of the molecule is Cc1ccccc1C(NC(=O)c1ccc(F)cc1)c1nccn1C. The highest BCUT2D eigenvalue weighted by molar-refractivity contribution is 5.94. The number of halogens is 1. The second-order valence-corrected chi connectivity index (χ2v) is 5.67. The maximum Gasteiger partial charge on any atom is 0.252 e. The highest BCUT2D eigenvalue weighted by Gasteiger charge is 2.22. The van der Waals surface area contributed by atoms with E-state index < -0.39 is 0 Å². The average molecular weight is 323 g/mol. The molecule has 0 aliphatic rings. The molecule has 2 aromatic carbocycles. The molecule has 0 aliphatic carbocycles. The van der Waals surface area contributed by atoms with Crippen molar-refractivity contribution >= 4 is 5.91 Å². The van der Waals surface area contributed by atoms with Crippen molar-refractivity contribution in [2.75, 3.05) is 0 Å². The number of aryl methyl sites for hydroxylation is 2. The quantitative estimate of drug-likeness (QED) is 0.800. The van der Waals surface area contributed by atoms with Gasteiger partial charge in [-0.3, -0.25) is 4.79 Å². The van der Waals surface area contributed by atoms with Gasteiger partial charge in [-0.15, -0.1) is 0 Å². The molecule has 0 radical (unpaired) electrons. The van der Waals surface area contributed by atoms with Crippen LogP contribution in [0.3, 0.4) is 0 Å². The monoisotopic (exact) mass is 323 g/mol. The molecule has 3 aromatic rings. The molecule has 0 spiro atoms. The van der Waals surface area contributed by atoms with Crippen LogP contribution in [-0.2, 0) is 7.05 Å². The third-order valence-electron chi connectivity index (χ3n) is 4.00. The Morgan fingerprint density at radius 2 is 1.88 bits per heavy atom. The lowest BCUT2D eigenvalue weighted by atomic mass is 10.00. The summed E-state index contributed by atoms with van der Waals surface area (Å²) in [6.45, 7) is 2.00. The number of aromatic nitrogens is 2. The van der Waals surface area contributed by atoms with Crippen molar-refractivity contribution in [1.82, 2.24) is 14.9 Å². The summed E-state index contributed by atoms with van der Waals surface area (Å²) < 4.78 is 14.9. The summed E-state index contributed by atoms with van der Waals surface area (Å²) in [5.74, 6) is 0.0946. The molecule has 3 rings (SSSR count). The number of benzene rings is 2. The first-order valence-electron chi connectivity index (χ1n) is 7.65. The average Bonchev–Trinajstić information content (AvgIpc) is 3.00. The molecule has 1 heterocycles. The van der Waals surface area contributed by atoms with E-state index in [1.54, 1.807) is 6.20 Å². The van der Waals surface area contributed by atoms with E-state index in [-0.39, 0.29) is 17.8 Å². The van der Waals surface area contributed by atoms with E-state index in [4.69, 9.17) is 0 Å². The van der Waals surface area contributed by atoms with Gasteiger partial charge in [0.15, 0.2) is 0 Å². The van der Waals surface area contributed by atoms with Crippen molar-refractivity contribution in [3.63, 3.8) is 0 Å². The largest absolute Gasteiger partial charge is 0.338 e. The third-order valence-corrected chi connectivity index (χ3v) is 4.00. The van der Waals surface area contributed by atoms with Crippen LogP contribution in [0.2, 0.25) is 0 Å². The normalized spacial score (nSPS) is 12.0. The second-order valence-electron chi connectivity index (χ2n) is 5.67. The van der Waals surface area contributed by atoms with Crippen LogP contribution in [0.15, 0.2) is 60.9 Å². The molecular weight excluding hydrogens is 305 g/mol. The molecule has 0 bridgehead atoms. The summed E-state index contributed by atoms with van der Waals surface area (Å²) in [4.78, 5) is 17.0. The zero-order valence-electron chi connectivity index (χ0n) is 13.5. The lowest BCUT2D eigenvalue weighted by molar-refractivity contribution is 0.0941. The summed E-state index contributed by atoms with van der Waals surface area (Å²) in [5, 5.41) is 3.01. The lowest BCUT2D eigenvalue weighted by Gasteiger charge is -2.21.